The molecule has 0 spiro atoms. The highest BCUT2D eigenvalue weighted by Crippen LogP contribution is 2.00. The summed E-state index contributed by atoms with van der Waals surface area (Å²) in [6, 6.07) is -0.648. The minimum Gasteiger partial charge on any atom is -0.461 e. The van der Waals surface area contributed by atoms with Crippen molar-refractivity contribution in [3.05, 3.63) is 0 Å². The molecule has 0 aromatic rings. The van der Waals surface area contributed by atoms with Crippen molar-refractivity contribution in [2.45, 2.75) is 19.1 Å². The Hall–Kier alpha value is -1.30. The summed E-state index contributed by atoms with van der Waals surface area (Å²) < 4.78 is 9.48. The van der Waals surface area contributed by atoms with Gasteiger partial charge in [0.1, 0.15) is 12.6 Å². The molecular weight excluding hydrogens is 176 g/mol. The summed E-state index contributed by atoms with van der Waals surface area (Å²) in [5, 5.41) is 2.44. The van der Waals surface area contributed by atoms with Crippen molar-refractivity contribution in [1.29, 1.82) is 0 Å². The van der Waals surface area contributed by atoms with Crippen LogP contribution >= 0.6 is 0 Å². The molecule has 1 heterocycles. The van der Waals surface area contributed by atoms with Gasteiger partial charge in [0.2, 0.25) is 0 Å². The largest absolute Gasteiger partial charge is 0.461 e. The fraction of sp³-hybridized carbons (Fsp3) is 0.714. The van der Waals surface area contributed by atoms with Crippen molar-refractivity contribution < 1.29 is 19.1 Å². The van der Waals surface area contributed by atoms with E-state index in [1.54, 1.807) is 0 Å². The lowest BCUT2D eigenvalue weighted by atomic mass is 10.3. The Kier molecular flexibility index (Phi) is 3.07. The molecule has 1 aliphatic rings. The first-order valence-electron chi connectivity index (χ1n) is 3.96. The van der Waals surface area contributed by atoms with Crippen LogP contribution in [-0.4, -0.2) is 37.4 Å². The zero-order chi connectivity index (χ0) is 9.84. The fourth-order valence-electron chi connectivity index (χ4n) is 0.831. The molecule has 0 saturated carbocycles. The molecular formula is C7H12N2O4. The van der Waals surface area contributed by atoms with Crippen LogP contribution in [0.1, 0.15) is 6.92 Å². The molecule has 6 nitrogen and oxygen atoms in total. The van der Waals surface area contributed by atoms with Crippen molar-refractivity contribution >= 4 is 12.1 Å². The highest BCUT2D eigenvalue weighted by molar-refractivity contribution is 5.75. The second-order valence-corrected chi connectivity index (χ2v) is 2.83. The van der Waals surface area contributed by atoms with Gasteiger partial charge in [-0.2, -0.15) is 0 Å². The molecule has 1 fully saturated rings. The molecule has 0 unspecified atom stereocenters. The first kappa shape index (κ1) is 9.79. The number of carbonyl (C=O) groups excluding carboxylic acids is 2. The van der Waals surface area contributed by atoms with E-state index in [0.29, 0.717) is 6.54 Å². The number of esters is 1. The quantitative estimate of drug-likeness (QED) is 0.553. The molecule has 1 amide bonds. The molecule has 0 aromatic carbocycles. The number of carbonyl (C=O) groups is 2. The van der Waals surface area contributed by atoms with Crippen molar-refractivity contribution in [1.82, 2.24) is 5.32 Å². The van der Waals surface area contributed by atoms with Crippen molar-refractivity contribution in [2.75, 3.05) is 13.2 Å². The van der Waals surface area contributed by atoms with Gasteiger partial charge in [-0.15, -0.1) is 0 Å². The lowest BCUT2D eigenvalue weighted by molar-refractivity contribution is -0.147. The number of ether oxygens (including phenoxy) is 2. The number of alkyl carbamates (subject to hydrolysis) is 1. The number of nitrogens with one attached hydrogen (secondary N) is 1. The molecule has 1 rings (SSSR count). The Morgan fingerprint density at radius 3 is 3.08 bits per heavy atom. The number of rotatable bonds is 3. The van der Waals surface area contributed by atoms with Gasteiger partial charge in [0.15, 0.2) is 6.10 Å². The van der Waals surface area contributed by atoms with Crippen LogP contribution in [0.2, 0.25) is 0 Å². The molecule has 3 N–H and O–H groups in total. The van der Waals surface area contributed by atoms with Crippen LogP contribution in [-0.2, 0) is 14.3 Å². The van der Waals surface area contributed by atoms with Gasteiger partial charge in [-0.25, -0.2) is 4.79 Å². The molecule has 0 aromatic heterocycles. The molecule has 1 aliphatic heterocycles. The standard InChI is InChI=1S/C7H12N2O4/c1-4(8)6(10)12-3-5-2-9-7(11)13-5/h4-5H,2-3,8H2,1H3,(H,9,11)/t4-,5+/m0/s1. The van der Waals surface area contributed by atoms with E-state index in [1.807, 2.05) is 0 Å². The highest BCUT2D eigenvalue weighted by Gasteiger charge is 2.24. The lowest BCUT2D eigenvalue weighted by Gasteiger charge is -2.10. The maximum atomic E-state index is 10.9. The predicted octanol–water partition coefficient (Wildman–Crippen LogP) is -1.01. The molecule has 0 aliphatic carbocycles. The highest BCUT2D eigenvalue weighted by atomic mass is 16.6. The minimum absolute atomic E-state index is 0.0547. The second kappa shape index (κ2) is 4.08. The first-order chi connectivity index (χ1) is 6.09. The van der Waals surface area contributed by atoms with Crippen LogP contribution in [0.5, 0.6) is 0 Å². The number of hydrogen-bond donors (Lipinski definition) is 2. The Morgan fingerprint density at radius 1 is 1.92 bits per heavy atom. The Balaban J connectivity index is 2.19. The third-order valence-corrected chi connectivity index (χ3v) is 1.53. The van der Waals surface area contributed by atoms with Crippen molar-refractivity contribution in [3.63, 3.8) is 0 Å². The summed E-state index contributed by atoms with van der Waals surface area (Å²) in [4.78, 5) is 21.4. The SMILES string of the molecule is C[C@H](N)C(=O)OC[C@H]1CNC(=O)O1. The summed E-state index contributed by atoms with van der Waals surface area (Å²) in [5.41, 5.74) is 5.25. The maximum absolute atomic E-state index is 10.9. The average Bonchev–Trinajstić information content (AvgIpc) is 2.47. The number of hydrogen-bond acceptors (Lipinski definition) is 5. The van der Waals surface area contributed by atoms with E-state index in [2.05, 4.69) is 5.32 Å². The third kappa shape index (κ3) is 2.90. The third-order valence-electron chi connectivity index (χ3n) is 1.53. The minimum atomic E-state index is -0.648. The lowest BCUT2D eigenvalue weighted by Crippen LogP contribution is -2.32. The molecule has 2 atom stereocenters. The summed E-state index contributed by atoms with van der Waals surface area (Å²) in [7, 11) is 0. The molecule has 0 radical (unpaired) electrons. The van der Waals surface area contributed by atoms with Gasteiger partial charge in [0.05, 0.1) is 6.54 Å². The van der Waals surface area contributed by atoms with Gasteiger partial charge in [-0.1, -0.05) is 0 Å². The van der Waals surface area contributed by atoms with E-state index in [4.69, 9.17) is 15.2 Å². The summed E-state index contributed by atoms with van der Waals surface area (Å²) in [6.45, 7) is 1.95. The topological polar surface area (TPSA) is 90.7 Å². The zero-order valence-electron chi connectivity index (χ0n) is 7.28. The normalized spacial score (nSPS) is 23.2. The van der Waals surface area contributed by atoms with Gasteiger partial charge in [0, 0.05) is 0 Å². The first-order valence-corrected chi connectivity index (χ1v) is 3.96. The van der Waals surface area contributed by atoms with Crippen LogP contribution in [0.15, 0.2) is 0 Å². The van der Waals surface area contributed by atoms with Gasteiger partial charge in [-0.05, 0) is 6.92 Å². The van der Waals surface area contributed by atoms with E-state index in [1.165, 1.54) is 6.92 Å². The summed E-state index contributed by atoms with van der Waals surface area (Å²) in [5.74, 6) is -0.497. The van der Waals surface area contributed by atoms with E-state index < -0.39 is 24.2 Å². The van der Waals surface area contributed by atoms with Gasteiger partial charge >= 0.3 is 12.1 Å². The van der Waals surface area contributed by atoms with Crippen LogP contribution in [0.4, 0.5) is 4.79 Å². The van der Waals surface area contributed by atoms with Crippen LogP contribution in [0, 0.1) is 0 Å². The number of amides is 1. The fourth-order valence-corrected chi connectivity index (χ4v) is 0.831. The molecule has 6 heteroatoms. The maximum Gasteiger partial charge on any atom is 0.407 e. The molecule has 74 valence electrons. The Labute approximate surface area is 75.4 Å². The Morgan fingerprint density at radius 2 is 2.62 bits per heavy atom. The number of cyclic esters (lactones) is 1. The molecule has 13 heavy (non-hydrogen) atoms. The van der Waals surface area contributed by atoms with Crippen molar-refractivity contribution in [3.8, 4) is 0 Å². The Bertz CT molecular complexity index is 217. The monoisotopic (exact) mass is 188 g/mol. The van der Waals surface area contributed by atoms with E-state index >= 15 is 0 Å². The zero-order valence-corrected chi connectivity index (χ0v) is 7.28. The number of nitrogens with two attached hydrogens (primary N) is 1. The van der Waals surface area contributed by atoms with Crippen LogP contribution < -0.4 is 11.1 Å². The van der Waals surface area contributed by atoms with Gasteiger partial charge < -0.3 is 20.5 Å². The van der Waals surface area contributed by atoms with Gasteiger partial charge in [-0.3, -0.25) is 4.79 Å². The van der Waals surface area contributed by atoms with Gasteiger partial charge in [0.25, 0.3) is 0 Å². The summed E-state index contributed by atoms with van der Waals surface area (Å²) in [6.07, 6.45) is -0.878. The smallest absolute Gasteiger partial charge is 0.407 e. The average molecular weight is 188 g/mol. The van der Waals surface area contributed by atoms with Crippen LogP contribution in [0.3, 0.4) is 0 Å². The van der Waals surface area contributed by atoms with E-state index in [9.17, 15) is 9.59 Å². The molecule has 1 saturated heterocycles. The second-order valence-electron chi connectivity index (χ2n) is 2.83. The molecule has 0 bridgehead atoms. The summed E-state index contributed by atoms with van der Waals surface area (Å²) >= 11 is 0. The van der Waals surface area contributed by atoms with Crippen LogP contribution in [0.25, 0.3) is 0 Å². The van der Waals surface area contributed by atoms with E-state index in [-0.39, 0.29) is 6.61 Å². The predicted molar refractivity (Wildman–Crippen MR) is 42.9 cm³/mol. The van der Waals surface area contributed by atoms with E-state index in [0.717, 1.165) is 0 Å². The van der Waals surface area contributed by atoms with Crippen molar-refractivity contribution in [2.24, 2.45) is 5.73 Å².